The highest BCUT2D eigenvalue weighted by Gasteiger charge is 2.31. The molecule has 39 heavy (non-hydrogen) atoms. The molecule has 0 unspecified atom stereocenters. The number of carboxylic acids is 1. The molecule has 0 radical (unpaired) electrons. The Hall–Kier alpha value is -4.91. The molecule has 3 N–H and O–H groups in total. The number of benzene rings is 4. The first-order valence-electron chi connectivity index (χ1n) is 12.7. The van der Waals surface area contributed by atoms with Crippen LogP contribution in [0.5, 0.6) is 0 Å². The van der Waals surface area contributed by atoms with Crippen molar-refractivity contribution in [3.8, 4) is 11.1 Å². The molecule has 0 aliphatic heterocycles. The Bertz CT molecular complexity index is 1430. The lowest BCUT2D eigenvalue weighted by molar-refractivity contribution is -0.142. The zero-order chi connectivity index (χ0) is 27.2. The van der Waals surface area contributed by atoms with Crippen LogP contribution in [-0.2, 0) is 20.7 Å². The van der Waals surface area contributed by atoms with Crippen molar-refractivity contribution in [2.75, 3.05) is 6.61 Å². The monoisotopic (exact) mass is 520 g/mol. The Labute approximate surface area is 226 Å². The van der Waals surface area contributed by atoms with Gasteiger partial charge in [0, 0.05) is 12.3 Å². The van der Waals surface area contributed by atoms with Crippen LogP contribution in [0.4, 0.5) is 4.79 Å². The Morgan fingerprint density at radius 2 is 1.26 bits per heavy atom. The fourth-order valence-electron chi connectivity index (χ4n) is 5.01. The van der Waals surface area contributed by atoms with Crippen LogP contribution in [-0.4, -0.2) is 35.7 Å². The number of ether oxygens (including phenoxy) is 1. The fourth-order valence-corrected chi connectivity index (χ4v) is 5.01. The highest BCUT2D eigenvalue weighted by atomic mass is 16.5. The molecule has 7 nitrogen and oxygen atoms in total. The van der Waals surface area contributed by atoms with E-state index in [2.05, 4.69) is 22.8 Å². The van der Waals surface area contributed by atoms with Crippen LogP contribution in [0.1, 0.15) is 34.2 Å². The zero-order valence-corrected chi connectivity index (χ0v) is 21.1. The van der Waals surface area contributed by atoms with E-state index in [1.165, 1.54) is 0 Å². The Morgan fingerprint density at radius 3 is 1.85 bits per heavy atom. The van der Waals surface area contributed by atoms with Gasteiger partial charge in [-0.2, -0.15) is 0 Å². The predicted octanol–water partition coefficient (Wildman–Crippen LogP) is 5.08. The molecule has 0 fully saturated rings. The minimum Gasteiger partial charge on any atom is -0.480 e. The summed E-state index contributed by atoms with van der Waals surface area (Å²) in [7, 11) is 0. The summed E-state index contributed by atoms with van der Waals surface area (Å²) in [6, 6.07) is 31.5. The maximum Gasteiger partial charge on any atom is 0.408 e. The smallest absolute Gasteiger partial charge is 0.408 e. The van der Waals surface area contributed by atoms with Gasteiger partial charge >= 0.3 is 12.1 Å². The van der Waals surface area contributed by atoms with Crippen LogP contribution >= 0.6 is 0 Å². The van der Waals surface area contributed by atoms with Gasteiger partial charge in [-0.25, -0.2) is 9.59 Å². The number of carboxylic acid groups (broad SMARTS) is 1. The largest absolute Gasteiger partial charge is 0.480 e. The third-order valence-corrected chi connectivity index (χ3v) is 6.90. The van der Waals surface area contributed by atoms with Crippen molar-refractivity contribution in [3.63, 3.8) is 0 Å². The van der Waals surface area contributed by atoms with E-state index >= 15 is 0 Å². The number of alkyl carbamates (subject to hydrolysis) is 1. The number of nitrogens with one attached hydrogen (secondary N) is 2. The van der Waals surface area contributed by atoms with Crippen LogP contribution in [0.2, 0.25) is 0 Å². The lowest BCUT2D eigenvalue weighted by Gasteiger charge is -2.22. The summed E-state index contributed by atoms with van der Waals surface area (Å²) in [5.74, 6) is -1.94. The molecule has 0 aromatic heterocycles. The van der Waals surface area contributed by atoms with Gasteiger partial charge < -0.3 is 20.5 Å². The SMILES string of the molecule is O=C(N[C@@H](C(=O)N[C@@H](Cc1ccccc1)C(=O)O)c1ccccc1)OCC1c2ccccc2-c2ccccc21. The number of rotatable bonds is 9. The van der Waals surface area contributed by atoms with Crippen LogP contribution in [0.3, 0.4) is 0 Å². The van der Waals surface area contributed by atoms with Gasteiger partial charge in [0.05, 0.1) is 0 Å². The predicted molar refractivity (Wildman–Crippen MR) is 147 cm³/mol. The molecule has 4 aromatic rings. The minimum atomic E-state index is -1.17. The molecule has 7 heteroatoms. The molecule has 1 aliphatic rings. The van der Waals surface area contributed by atoms with E-state index in [9.17, 15) is 19.5 Å². The highest BCUT2D eigenvalue weighted by molar-refractivity contribution is 5.90. The summed E-state index contributed by atoms with van der Waals surface area (Å²) >= 11 is 0. The third kappa shape index (κ3) is 5.83. The molecule has 2 atom stereocenters. The first-order valence-corrected chi connectivity index (χ1v) is 12.7. The second-order valence-corrected chi connectivity index (χ2v) is 9.40. The summed E-state index contributed by atoms with van der Waals surface area (Å²) in [6.07, 6.45) is -0.662. The van der Waals surface area contributed by atoms with E-state index in [0.29, 0.717) is 5.56 Å². The van der Waals surface area contributed by atoms with E-state index in [1.807, 2.05) is 54.6 Å². The van der Waals surface area contributed by atoms with E-state index in [4.69, 9.17) is 4.74 Å². The molecule has 0 spiro atoms. The number of hydrogen-bond donors (Lipinski definition) is 3. The van der Waals surface area contributed by atoms with Crippen LogP contribution in [0, 0.1) is 0 Å². The van der Waals surface area contributed by atoms with Crippen molar-refractivity contribution in [1.82, 2.24) is 10.6 Å². The molecule has 2 amide bonds. The first kappa shape index (κ1) is 25.7. The molecular weight excluding hydrogens is 492 g/mol. The maximum atomic E-state index is 13.3. The molecule has 5 rings (SSSR count). The quantitative estimate of drug-likeness (QED) is 0.286. The van der Waals surface area contributed by atoms with Gasteiger partial charge in [0.25, 0.3) is 0 Å². The summed E-state index contributed by atoms with van der Waals surface area (Å²) < 4.78 is 5.64. The average Bonchev–Trinajstić information content (AvgIpc) is 3.29. The number of fused-ring (bicyclic) bond motifs is 3. The van der Waals surface area contributed by atoms with Crippen molar-refractivity contribution in [1.29, 1.82) is 0 Å². The first-order chi connectivity index (χ1) is 19.0. The summed E-state index contributed by atoms with van der Waals surface area (Å²) in [5, 5.41) is 15.0. The Balaban J connectivity index is 1.30. The lowest BCUT2D eigenvalue weighted by Crippen LogP contribution is -2.48. The van der Waals surface area contributed by atoms with Crippen molar-refractivity contribution >= 4 is 18.0 Å². The number of amides is 2. The van der Waals surface area contributed by atoms with Gasteiger partial charge in [-0.3, -0.25) is 4.79 Å². The highest BCUT2D eigenvalue weighted by Crippen LogP contribution is 2.44. The minimum absolute atomic E-state index is 0.0920. The normalized spacial score (nSPS) is 13.4. The van der Waals surface area contributed by atoms with Gasteiger partial charge in [-0.05, 0) is 33.4 Å². The molecular formula is C32H28N2O5. The van der Waals surface area contributed by atoms with Gasteiger partial charge in [-0.15, -0.1) is 0 Å². The van der Waals surface area contributed by atoms with Crippen molar-refractivity contribution in [2.24, 2.45) is 0 Å². The van der Waals surface area contributed by atoms with E-state index in [-0.39, 0.29) is 18.9 Å². The lowest BCUT2D eigenvalue weighted by atomic mass is 9.98. The maximum absolute atomic E-state index is 13.3. The third-order valence-electron chi connectivity index (χ3n) is 6.90. The number of aliphatic carboxylic acids is 1. The van der Waals surface area contributed by atoms with Crippen molar-refractivity contribution in [3.05, 3.63) is 131 Å². The molecule has 0 bridgehead atoms. The summed E-state index contributed by atoms with van der Waals surface area (Å²) in [6.45, 7) is 0.0920. The number of carbonyl (C=O) groups is 3. The van der Waals surface area contributed by atoms with Crippen LogP contribution in [0.25, 0.3) is 11.1 Å². The Morgan fingerprint density at radius 1 is 0.718 bits per heavy atom. The molecule has 0 saturated carbocycles. The zero-order valence-electron chi connectivity index (χ0n) is 21.1. The molecule has 196 valence electrons. The second kappa shape index (κ2) is 11.6. The molecule has 1 aliphatic carbocycles. The number of carbonyl (C=O) groups excluding carboxylic acids is 2. The van der Waals surface area contributed by atoms with Crippen LogP contribution < -0.4 is 10.6 Å². The van der Waals surface area contributed by atoms with Crippen LogP contribution in [0.15, 0.2) is 109 Å². The van der Waals surface area contributed by atoms with Gasteiger partial charge in [0.15, 0.2) is 0 Å². The van der Waals surface area contributed by atoms with E-state index in [1.54, 1.807) is 42.5 Å². The van der Waals surface area contributed by atoms with Crippen molar-refractivity contribution in [2.45, 2.75) is 24.4 Å². The van der Waals surface area contributed by atoms with Gasteiger partial charge in [0.1, 0.15) is 18.7 Å². The molecule has 0 heterocycles. The standard InChI is InChI=1S/C32H28N2O5/c35-30(33-28(31(36)37)19-21-11-3-1-4-12-21)29(22-13-5-2-6-14-22)34-32(38)39-20-27-25-17-9-7-15-23(25)24-16-8-10-18-26(24)27/h1-18,27-29H,19-20H2,(H,33,35)(H,34,38)(H,36,37)/t28-,29+/m0/s1. The van der Waals surface area contributed by atoms with E-state index < -0.39 is 30.1 Å². The topological polar surface area (TPSA) is 105 Å². The van der Waals surface area contributed by atoms with Gasteiger partial charge in [0.2, 0.25) is 5.91 Å². The van der Waals surface area contributed by atoms with Gasteiger partial charge in [-0.1, -0.05) is 109 Å². The van der Waals surface area contributed by atoms with Crippen molar-refractivity contribution < 1.29 is 24.2 Å². The fraction of sp³-hybridized carbons (Fsp3) is 0.156. The summed E-state index contributed by atoms with van der Waals surface area (Å²) in [4.78, 5) is 38.3. The average molecular weight is 521 g/mol. The number of hydrogen-bond acceptors (Lipinski definition) is 4. The summed E-state index contributed by atoms with van der Waals surface area (Å²) in [5.41, 5.74) is 5.66. The van der Waals surface area contributed by atoms with E-state index in [0.717, 1.165) is 27.8 Å². The molecule has 4 aromatic carbocycles. The molecule has 0 saturated heterocycles. The Kier molecular flexibility index (Phi) is 7.68. The second-order valence-electron chi connectivity index (χ2n) is 9.40.